The van der Waals surface area contributed by atoms with Crippen molar-refractivity contribution in [1.29, 1.82) is 0 Å². The van der Waals surface area contributed by atoms with E-state index in [1.807, 2.05) is 30.3 Å². The largest absolute Gasteiger partial charge is 0.454 e. The van der Waals surface area contributed by atoms with Crippen LogP contribution in [0.15, 0.2) is 35.8 Å². The summed E-state index contributed by atoms with van der Waals surface area (Å²) in [5, 5.41) is 3.29. The van der Waals surface area contributed by atoms with E-state index < -0.39 is 0 Å². The maximum Gasteiger partial charge on any atom is 0.231 e. The maximum absolute atomic E-state index is 6.15. The van der Waals surface area contributed by atoms with E-state index >= 15 is 0 Å². The van der Waals surface area contributed by atoms with Gasteiger partial charge >= 0.3 is 0 Å². The number of hydrogen-bond donors (Lipinski definition) is 2. The Labute approximate surface area is 119 Å². The van der Waals surface area contributed by atoms with Gasteiger partial charge in [0.25, 0.3) is 0 Å². The van der Waals surface area contributed by atoms with Crippen molar-refractivity contribution in [2.45, 2.75) is 0 Å². The summed E-state index contributed by atoms with van der Waals surface area (Å²) >= 11 is 1.58. The SMILES string of the molecule is Nc1c(Nc2ccc3c(c2)OCO3)ccc2scnc12. The summed E-state index contributed by atoms with van der Waals surface area (Å²) in [5.41, 5.74) is 11.2. The van der Waals surface area contributed by atoms with Crippen molar-refractivity contribution in [2.75, 3.05) is 17.8 Å². The fourth-order valence-corrected chi connectivity index (χ4v) is 2.88. The summed E-state index contributed by atoms with van der Waals surface area (Å²) in [6.45, 7) is 0.270. The van der Waals surface area contributed by atoms with Gasteiger partial charge in [0.05, 0.1) is 21.6 Å². The van der Waals surface area contributed by atoms with Crippen LogP contribution in [0.4, 0.5) is 17.1 Å². The molecule has 0 fully saturated rings. The van der Waals surface area contributed by atoms with Crippen LogP contribution in [0.2, 0.25) is 0 Å². The van der Waals surface area contributed by atoms with Gasteiger partial charge in [-0.15, -0.1) is 11.3 Å². The highest BCUT2D eigenvalue weighted by molar-refractivity contribution is 7.16. The van der Waals surface area contributed by atoms with Gasteiger partial charge in [0.1, 0.15) is 5.52 Å². The number of nitrogens with one attached hydrogen (secondary N) is 1. The highest BCUT2D eigenvalue weighted by atomic mass is 32.1. The molecule has 0 saturated carbocycles. The Morgan fingerprint density at radius 1 is 1.15 bits per heavy atom. The first-order valence-corrected chi connectivity index (χ1v) is 6.97. The lowest BCUT2D eigenvalue weighted by Crippen LogP contribution is -1.97. The van der Waals surface area contributed by atoms with Gasteiger partial charge in [-0.1, -0.05) is 0 Å². The first-order chi connectivity index (χ1) is 9.81. The van der Waals surface area contributed by atoms with E-state index in [4.69, 9.17) is 15.2 Å². The molecule has 0 atom stereocenters. The van der Waals surface area contributed by atoms with Crippen LogP contribution in [0.5, 0.6) is 11.5 Å². The number of hydrogen-bond acceptors (Lipinski definition) is 6. The molecule has 1 aliphatic heterocycles. The molecular formula is C14H11N3O2S. The zero-order chi connectivity index (χ0) is 13.5. The first-order valence-electron chi connectivity index (χ1n) is 6.09. The van der Waals surface area contributed by atoms with Crippen LogP contribution in [-0.4, -0.2) is 11.8 Å². The third-order valence-electron chi connectivity index (χ3n) is 3.19. The summed E-state index contributed by atoms with van der Waals surface area (Å²) < 4.78 is 11.7. The van der Waals surface area contributed by atoms with E-state index in [0.717, 1.165) is 33.1 Å². The summed E-state index contributed by atoms with van der Waals surface area (Å²) in [6, 6.07) is 9.67. The number of ether oxygens (including phenoxy) is 2. The van der Waals surface area contributed by atoms with Crippen LogP contribution in [0.25, 0.3) is 10.2 Å². The predicted octanol–water partition coefficient (Wildman–Crippen LogP) is 3.35. The van der Waals surface area contributed by atoms with Gasteiger partial charge < -0.3 is 20.5 Å². The zero-order valence-corrected chi connectivity index (χ0v) is 11.2. The Morgan fingerprint density at radius 2 is 2.05 bits per heavy atom. The van der Waals surface area contributed by atoms with Crippen LogP contribution in [0.1, 0.15) is 0 Å². The van der Waals surface area contributed by atoms with Crippen molar-refractivity contribution in [1.82, 2.24) is 4.98 Å². The molecule has 0 aliphatic carbocycles. The average molecular weight is 285 g/mol. The summed E-state index contributed by atoms with van der Waals surface area (Å²) in [5.74, 6) is 1.50. The molecule has 3 N–H and O–H groups in total. The molecule has 0 saturated heterocycles. The van der Waals surface area contributed by atoms with Crippen molar-refractivity contribution < 1.29 is 9.47 Å². The fraction of sp³-hybridized carbons (Fsp3) is 0.0714. The second kappa shape index (κ2) is 4.28. The summed E-state index contributed by atoms with van der Waals surface area (Å²) in [7, 11) is 0. The lowest BCUT2D eigenvalue weighted by Gasteiger charge is -2.10. The highest BCUT2D eigenvalue weighted by Crippen LogP contribution is 2.37. The lowest BCUT2D eigenvalue weighted by molar-refractivity contribution is 0.174. The second-order valence-electron chi connectivity index (χ2n) is 4.42. The topological polar surface area (TPSA) is 69.4 Å². The van der Waals surface area contributed by atoms with Crippen molar-refractivity contribution in [3.05, 3.63) is 35.8 Å². The van der Waals surface area contributed by atoms with Gasteiger partial charge in [-0.25, -0.2) is 4.98 Å². The minimum atomic E-state index is 0.270. The number of nitrogens with zero attached hydrogens (tertiary/aromatic N) is 1. The Morgan fingerprint density at radius 3 is 3.00 bits per heavy atom. The molecule has 100 valence electrons. The highest BCUT2D eigenvalue weighted by Gasteiger charge is 2.14. The Hall–Kier alpha value is -2.47. The lowest BCUT2D eigenvalue weighted by atomic mass is 10.2. The first kappa shape index (κ1) is 11.4. The van der Waals surface area contributed by atoms with Crippen LogP contribution >= 0.6 is 11.3 Å². The number of aromatic nitrogens is 1. The average Bonchev–Trinajstić information content (AvgIpc) is 3.10. The minimum absolute atomic E-state index is 0.270. The molecular weight excluding hydrogens is 274 g/mol. The van der Waals surface area contributed by atoms with Gasteiger partial charge in [-0.05, 0) is 24.3 Å². The van der Waals surface area contributed by atoms with Gasteiger partial charge in [0.15, 0.2) is 11.5 Å². The molecule has 0 unspecified atom stereocenters. The van der Waals surface area contributed by atoms with Crippen LogP contribution in [0, 0.1) is 0 Å². The molecule has 1 aromatic heterocycles. The van der Waals surface area contributed by atoms with Gasteiger partial charge in [0, 0.05) is 11.8 Å². The number of nitrogens with two attached hydrogens (primary N) is 1. The molecule has 6 heteroatoms. The van der Waals surface area contributed by atoms with Crippen LogP contribution in [-0.2, 0) is 0 Å². The number of nitrogen functional groups attached to an aromatic ring is 1. The molecule has 0 amide bonds. The van der Waals surface area contributed by atoms with Gasteiger partial charge in [-0.3, -0.25) is 0 Å². The molecule has 0 spiro atoms. The van der Waals surface area contributed by atoms with Crippen molar-refractivity contribution in [2.24, 2.45) is 0 Å². The van der Waals surface area contributed by atoms with Crippen LogP contribution < -0.4 is 20.5 Å². The molecule has 3 aromatic rings. The molecule has 5 nitrogen and oxygen atoms in total. The van der Waals surface area contributed by atoms with E-state index in [9.17, 15) is 0 Å². The summed E-state index contributed by atoms with van der Waals surface area (Å²) in [6.07, 6.45) is 0. The second-order valence-corrected chi connectivity index (χ2v) is 5.31. The van der Waals surface area contributed by atoms with Crippen molar-refractivity contribution in [3.8, 4) is 11.5 Å². The van der Waals surface area contributed by atoms with E-state index in [0.29, 0.717) is 5.69 Å². The van der Waals surface area contributed by atoms with Crippen LogP contribution in [0.3, 0.4) is 0 Å². The molecule has 2 heterocycles. The summed E-state index contributed by atoms with van der Waals surface area (Å²) in [4.78, 5) is 4.29. The predicted molar refractivity (Wildman–Crippen MR) is 79.9 cm³/mol. The number of rotatable bonds is 2. The Bertz CT molecular complexity index is 800. The molecule has 20 heavy (non-hydrogen) atoms. The smallest absolute Gasteiger partial charge is 0.231 e. The van der Waals surface area contributed by atoms with E-state index in [1.54, 1.807) is 16.8 Å². The molecule has 0 radical (unpaired) electrons. The normalized spacial score (nSPS) is 12.8. The Balaban J connectivity index is 1.72. The number of benzene rings is 2. The molecule has 1 aliphatic rings. The van der Waals surface area contributed by atoms with Crippen molar-refractivity contribution in [3.63, 3.8) is 0 Å². The maximum atomic E-state index is 6.15. The van der Waals surface area contributed by atoms with Gasteiger partial charge in [0.2, 0.25) is 6.79 Å². The third kappa shape index (κ3) is 1.73. The number of anilines is 3. The van der Waals surface area contributed by atoms with Crippen molar-refractivity contribution >= 4 is 38.6 Å². The molecule has 0 bridgehead atoms. The zero-order valence-electron chi connectivity index (χ0n) is 10.4. The number of thiazole rings is 1. The fourth-order valence-electron chi connectivity index (χ4n) is 2.19. The number of fused-ring (bicyclic) bond motifs is 2. The van der Waals surface area contributed by atoms with E-state index in [2.05, 4.69) is 10.3 Å². The Kier molecular flexibility index (Phi) is 2.43. The quantitative estimate of drug-likeness (QED) is 0.707. The standard InChI is InChI=1S/C14H11N3O2S/c15-13-9(2-4-12-14(13)16-6-20-12)17-8-1-3-10-11(5-8)19-7-18-10/h1-6,17H,7,15H2. The minimum Gasteiger partial charge on any atom is -0.454 e. The third-order valence-corrected chi connectivity index (χ3v) is 3.99. The monoisotopic (exact) mass is 285 g/mol. The van der Waals surface area contributed by atoms with E-state index in [1.165, 1.54) is 0 Å². The molecule has 4 rings (SSSR count). The molecule has 2 aromatic carbocycles. The van der Waals surface area contributed by atoms with E-state index in [-0.39, 0.29) is 6.79 Å². The van der Waals surface area contributed by atoms with Gasteiger partial charge in [-0.2, -0.15) is 0 Å².